The number of halogens is 2. The third kappa shape index (κ3) is 4.17. The fourth-order valence-corrected chi connectivity index (χ4v) is 2.39. The Morgan fingerprint density at radius 1 is 0.950 bits per heavy atom. The predicted molar refractivity (Wildman–Crippen MR) is 74.4 cm³/mol. The Bertz CT molecular complexity index is 708. The fourth-order valence-electron chi connectivity index (χ4n) is 1.54. The van der Waals surface area contributed by atoms with Crippen LogP contribution < -0.4 is 4.72 Å². The number of hydrogen-bond acceptors (Lipinski definition) is 2. The molecular formula is C14H11F2NO2S. The first-order valence-electron chi connectivity index (χ1n) is 5.67. The second-order valence-corrected chi connectivity index (χ2v) is 5.58. The summed E-state index contributed by atoms with van der Waals surface area (Å²) in [5.41, 5.74) is 0.531. The molecule has 0 amide bonds. The van der Waals surface area contributed by atoms with E-state index in [1.807, 2.05) is 0 Å². The summed E-state index contributed by atoms with van der Waals surface area (Å²) < 4.78 is 51.5. The van der Waals surface area contributed by atoms with E-state index in [9.17, 15) is 17.2 Å². The molecule has 2 rings (SSSR count). The van der Waals surface area contributed by atoms with Gasteiger partial charge in [0.1, 0.15) is 11.6 Å². The molecule has 1 N–H and O–H groups in total. The largest absolute Gasteiger partial charge is 0.280 e. The molecule has 0 aliphatic carbocycles. The molecule has 20 heavy (non-hydrogen) atoms. The molecule has 0 saturated carbocycles. The number of anilines is 1. The number of hydrogen-bond donors (Lipinski definition) is 1. The summed E-state index contributed by atoms with van der Waals surface area (Å²) in [4.78, 5) is 0. The monoisotopic (exact) mass is 295 g/mol. The SMILES string of the molecule is O=S(=O)(/C=C/c1ccccc1)Nc1cc(F)cc(F)c1. The maximum atomic E-state index is 13.0. The zero-order chi connectivity index (χ0) is 14.6. The van der Waals surface area contributed by atoms with Gasteiger partial charge in [0.15, 0.2) is 0 Å². The fraction of sp³-hybridized carbons (Fsp3) is 0. The Balaban J connectivity index is 2.17. The van der Waals surface area contributed by atoms with E-state index in [2.05, 4.69) is 4.72 Å². The molecule has 0 unspecified atom stereocenters. The number of rotatable bonds is 4. The lowest BCUT2D eigenvalue weighted by Gasteiger charge is -2.04. The molecule has 3 nitrogen and oxygen atoms in total. The van der Waals surface area contributed by atoms with E-state index < -0.39 is 21.7 Å². The van der Waals surface area contributed by atoms with E-state index in [0.717, 1.165) is 17.5 Å². The molecule has 0 heterocycles. The van der Waals surface area contributed by atoms with Crippen LogP contribution in [0.3, 0.4) is 0 Å². The van der Waals surface area contributed by atoms with E-state index in [1.165, 1.54) is 6.08 Å². The summed E-state index contributed by atoms with van der Waals surface area (Å²) in [6, 6.07) is 11.3. The van der Waals surface area contributed by atoms with Gasteiger partial charge in [0.2, 0.25) is 0 Å². The van der Waals surface area contributed by atoms with E-state index in [1.54, 1.807) is 30.3 Å². The number of sulfonamides is 1. The van der Waals surface area contributed by atoms with Crippen molar-refractivity contribution in [3.05, 3.63) is 71.1 Å². The molecule has 0 fully saturated rings. The summed E-state index contributed by atoms with van der Waals surface area (Å²) >= 11 is 0. The highest BCUT2D eigenvalue weighted by molar-refractivity contribution is 7.95. The highest BCUT2D eigenvalue weighted by atomic mass is 32.2. The van der Waals surface area contributed by atoms with Crippen LogP contribution in [0.4, 0.5) is 14.5 Å². The summed E-state index contributed by atoms with van der Waals surface area (Å²) in [7, 11) is -3.83. The molecule has 0 aromatic heterocycles. The summed E-state index contributed by atoms with van der Waals surface area (Å²) in [5, 5.41) is 0.936. The van der Waals surface area contributed by atoms with Crippen LogP contribution in [0.15, 0.2) is 53.9 Å². The van der Waals surface area contributed by atoms with Crippen molar-refractivity contribution in [3.8, 4) is 0 Å². The van der Waals surface area contributed by atoms with Gasteiger partial charge < -0.3 is 0 Å². The molecule has 0 bridgehead atoms. The first kappa shape index (κ1) is 14.2. The third-order valence-corrected chi connectivity index (χ3v) is 3.38. The van der Waals surface area contributed by atoms with Gasteiger partial charge in [0, 0.05) is 6.07 Å². The van der Waals surface area contributed by atoms with Gasteiger partial charge in [-0.15, -0.1) is 0 Å². The van der Waals surface area contributed by atoms with Crippen LogP contribution in [-0.4, -0.2) is 8.42 Å². The van der Waals surface area contributed by atoms with Crippen molar-refractivity contribution in [2.45, 2.75) is 0 Å². The molecule has 6 heteroatoms. The van der Waals surface area contributed by atoms with Crippen molar-refractivity contribution >= 4 is 21.8 Å². The van der Waals surface area contributed by atoms with Gasteiger partial charge in [-0.25, -0.2) is 17.2 Å². The smallest absolute Gasteiger partial charge is 0.255 e. The van der Waals surface area contributed by atoms with Crippen LogP contribution in [-0.2, 0) is 10.0 Å². The van der Waals surface area contributed by atoms with Crippen molar-refractivity contribution in [1.29, 1.82) is 0 Å². The maximum absolute atomic E-state index is 13.0. The van der Waals surface area contributed by atoms with Crippen LogP contribution in [0.1, 0.15) is 5.56 Å². The van der Waals surface area contributed by atoms with Crippen LogP contribution >= 0.6 is 0 Å². The van der Waals surface area contributed by atoms with E-state index >= 15 is 0 Å². The average Bonchev–Trinajstić information content (AvgIpc) is 2.36. The molecule has 2 aromatic carbocycles. The first-order chi connectivity index (χ1) is 9.44. The van der Waals surface area contributed by atoms with Crippen molar-refractivity contribution in [1.82, 2.24) is 0 Å². The lowest BCUT2D eigenvalue weighted by molar-refractivity contribution is 0.584. The summed E-state index contributed by atoms with van der Waals surface area (Å²) in [6.07, 6.45) is 1.39. The van der Waals surface area contributed by atoms with Crippen molar-refractivity contribution in [3.63, 3.8) is 0 Å². The molecule has 0 radical (unpaired) electrons. The number of nitrogens with one attached hydrogen (secondary N) is 1. The van der Waals surface area contributed by atoms with Crippen molar-refractivity contribution in [2.75, 3.05) is 4.72 Å². The second kappa shape index (κ2) is 5.83. The lowest BCUT2D eigenvalue weighted by Crippen LogP contribution is -2.09. The zero-order valence-electron chi connectivity index (χ0n) is 10.3. The highest BCUT2D eigenvalue weighted by Crippen LogP contribution is 2.15. The Labute approximate surface area is 115 Å². The lowest BCUT2D eigenvalue weighted by atomic mass is 10.2. The average molecular weight is 295 g/mol. The minimum absolute atomic E-state index is 0.166. The minimum atomic E-state index is -3.83. The normalized spacial score (nSPS) is 11.7. The van der Waals surface area contributed by atoms with Gasteiger partial charge in [-0.1, -0.05) is 30.3 Å². The molecular weight excluding hydrogens is 284 g/mol. The second-order valence-electron chi connectivity index (χ2n) is 4.02. The molecule has 2 aromatic rings. The van der Waals surface area contributed by atoms with Gasteiger partial charge in [0.05, 0.1) is 11.1 Å². The molecule has 104 valence electrons. The first-order valence-corrected chi connectivity index (χ1v) is 7.21. The van der Waals surface area contributed by atoms with Gasteiger partial charge in [-0.2, -0.15) is 0 Å². The molecule has 0 spiro atoms. The van der Waals surface area contributed by atoms with Gasteiger partial charge in [-0.3, -0.25) is 4.72 Å². The molecule has 0 atom stereocenters. The van der Waals surface area contributed by atoms with Crippen LogP contribution in [0.2, 0.25) is 0 Å². The van der Waals surface area contributed by atoms with E-state index in [-0.39, 0.29) is 5.69 Å². The van der Waals surface area contributed by atoms with Crippen LogP contribution in [0, 0.1) is 11.6 Å². The standard InChI is InChI=1S/C14H11F2NO2S/c15-12-8-13(16)10-14(9-12)17-20(18,19)7-6-11-4-2-1-3-5-11/h1-10,17H/b7-6+. The summed E-state index contributed by atoms with van der Waals surface area (Å²) in [6.45, 7) is 0. The van der Waals surface area contributed by atoms with Gasteiger partial charge in [-0.05, 0) is 23.8 Å². The van der Waals surface area contributed by atoms with Crippen LogP contribution in [0.25, 0.3) is 6.08 Å². The molecule has 0 aliphatic heterocycles. The topological polar surface area (TPSA) is 46.2 Å². The maximum Gasteiger partial charge on any atom is 0.255 e. The highest BCUT2D eigenvalue weighted by Gasteiger charge is 2.08. The predicted octanol–water partition coefficient (Wildman–Crippen LogP) is 3.38. The van der Waals surface area contributed by atoms with E-state index in [4.69, 9.17) is 0 Å². The third-order valence-electron chi connectivity index (χ3n) is 2.36. The van der Waals surface area contributed by atoms with Gasteiger partial charge >= 0.3 is 0 Å². The Morgan fingerprint density at radius 3 is 2.15 bits per heavy atom. The van der Waals surface area contributed by atoms with Crippen molar-refractivity contribution in [2.24, 2.45) is 0 Å². The Morgan fingerprint density at radius 2 is 1.55 bits per heavy atom. The zero-order valence-corrected chi connectivity index (χ0v) is 11.1. The Hall–Kier alpha value is -2.21. The molecule has 0 aliphatic rings. The van der Waals surface area contributed by atoms with E-state index in [0.29, 0.717) is 11.6 Å². The quantitative estimate of drug-likeness (QED) is 0.940. The minimum Gasteiger partial charge on any atom is -0.280 e. The van der Waals surface area contributed by atoms with Crippen molar-refractivity contribution < 1.29 is 17.2 Å². The Kier molecular flexibility index (Phi) is 4.14. The van der Waals surface area contributed by atoms with Crippen LogP contribution in [0.5, 0.6) is 0 Å². The summed E-state index contributed by atoms with van der Waals surface area (Å²) in [5.74, 6) is -1.70. The number of benzene rings is 2. The molecule has 0 saturated heterocycles. The van der Waals surface area contributed by atoms with Gasteiger partial charge in [0.25, 0.3) is 10.0 Å².